The van der Waals surface area contributed by atoms with Gasteiger partial charge in [-0.3, -0.25) is 14.4 Å². The third-order valence-electron chi connectivity index (χ3n) is 6.25. The van der Waals surface area contributed by atoms with Crippen LogP contribution >= 0.6 is 0 Å². The summed E-state index contributed by atoms with van der Waals surface area (Å²) in [5, 5.41) is 0. The van der Waals surface area contributed by atoms with Crippen LogP contribution < -0.4 is 0 Å². The van der Waals surface area contributed by atoms with Gasteiger partial charge in [-0.2, -0.15) is 0 Å². The summed E-state index contributed by atoms with van der Waals surface area (Å²) in [6.07, 6.45) is 3.46. The molecule has 0 aromatic rings. The summed E-state index contributed by atoms with van der Waals surface area (Å²) in [7, 11) is 0. The fraction of sp³-hybridized carbons (Fsp3) is 0.842. The lowest BCUT2D eigenvalue weighted by Gasteiger charge is -2.37. The lowest BCUT2D eigenvalue weighted by molar-refractivity contribution is -0.147. The van der Waals surface area contributed by atoms with Gasteiger partial charge in [-0.15, -0.1) is 0 Å². The lowest BCUT2D eigenvalue weighted by Crippen LogP contribution is -2.54. The Kier molecular flexibility index (Phi) is 5.63. The molecule has 8 nitrogen and oxygen atoms in total. The molecule has 0 spiro atoms. The van der Waals surface area contributed by atoms with E-state index in [-0.39, 0.29) is 35.8 Å². The van der Waals surface area contributed by atoms with E-state index in [9.17, 15) is 14.4 Å². The standard InChI is InChI=1S/C19H29N3O5/c23-17-12-14(13-22(17)15-3-10-26-11-4-15)18(24)20-5-7-21(8-6-20)19(25)16-2-1-9-27-16/h14-16H,1-13H2. The predicted octanol–water partition coefficient (Wildman–Crippen LogP) is -0.136. The van der Waals surface area contributed by atoms with Crippen LogP contribution in [0.25, 0.3) is 0 Å². The van der Waals surface area contributed by atoms with Crippen LogP contribution in [0.3, 0.4) is 0 Å². The molecular weight excluding hydrogens is 350 g/mol. The minimum Gasteiger partial charge on any atom is -0.381 e. The van der Waals surface area contributed by atoms with E-state index in [0.29, 0.717) is 59.0 Å². The monoisotopic (exact) mass is 379 g/mol. The first-order valence-corrected chi connectivity index (χ1v) is 10.2. The molecule has 0 saturated carbocycles. The quantitative estimate of drug-likeness (QED) is 0.682. The highest BCUT2D eigenvalue weighted by Gasteiger charge is 2.41. The number of nitrogens with zero attached hydrogens (tertiary/aromatic N) is 3. The molecule has 2 unspecified atom stereocenters. The normalized spacial score (nSPS) is 30.2. The van der Waals surface area contributed by atoms with Crippen LogP contribution in [0, 0.1) is 5.92 Å². The Bertz CT molecular complexity index is 578. The predicted molar refractivity (Wildman–Crippen MR) is 95.8 cm³/mol. The third-order valence-corrected chi connectivity index (χ3v) is 6.25. The number of rotatable bonds is 3. The molecule has 4 heterocycles. The van der Waals surface area contributed by atoms with Gasteiger partial charge < -0.3 is 24.2 Å². The second-order valence-corrected chi connectivity index (χ2v) is 7.94. The molecule has 4 aliphatic rings. The van der Waals surface area contributed by atoms with E-state index < -0.39 is 0 Å². The van der Waals surface area contributed by atoms with Gasteiger partial charge in [0.25, 0.3) is 5.91 Å². The van der Waals surface area contributed by atoms with Crippen LogP contribution in [0.1, 0.15) is 32.1 Å². The fourth-order valence-corrected chi connectivity index (χ4v) is 4.63. The molecule has 0 aromatic carbocycles. The summed E-state index contributed by atoms with van der Waals surface area (Å²) in [5.41, 5.74) is 0. The van der Waals surface area contributed by atoms with Crippen LogP contribution in [-0.2, 0) is 23.9 Å². The number of piperazine rings is 1. The van der Waals surface area contributed by atoms with Crippen LogP contribution in [0.2, 0.25) is 0 Å². The molecule has 0 aromatic heterocycles. The SMILES string of the molecule is O=C(C1CC(=O)N(C2CCOCC2)C1)N1CCN(C(=O)C2CCCO2)CC1. The van der Waals surface area contributed by atoms with Crippen molar-refractivity contribution in [3.63, 3.8) is 0 Å². The van der Waals surface area contributed by atoms with Crippen LogP contribution in [-0.4, -0.2) is 97.1 Å². The van der Waals surface area contributed by atoms with Crippen molar-refractivity contribution in [3.05, 3.63) is 0 Å². The second kappa shape index (κ2) is 8.14. The highest BCUT2D eigenvalue weighted by atomic mass is 16.5. The van der Waals surface area contributed by atoms with E-state index in [1.165, 1.54) is 0 Å². The highest BCUT2D eigenvalue weighted by molar-refractivity contribution is 5.89. The van der Waals surface area contributed by atoms with Crippen molar-refractivity contribution in [2.45, 2.75) is 44.2 Å². The molecule has 0 N–H and O–H groups in total. The fourth-order valence-electron chi connectivity index (χ4n) is 4.63. The number of hydrogen-bond donors (Lipinski definition) is 0. The Morgan fingerprint density at radius 1 is 0.889 bits per heavy atom. The number of amides is 3. The molecule has 8 heteroatoms. The van der Waals surface area contributed by atoms with E-state index in [1.807, 2.05) is 14.7 Å². The molecule has 0 radical (unpaired) electrons. The lowest BCUT2D eigenvalue weighted by atomic mass is 10.1. The minimum absolute atomic E-state index is 0.0568. The summed E-state index contributed by atoms with van der Waals surface area (Å²) in [5.74, 6) is -0.0448. The van der Waals surface area contributed by atoms with Crippen molar-refractivity contribution in [3.8, 4) is 0 Å². The van der Waals surface area contributed by atoms with Crippen molar-refractivity contribution >= 4 is 17.7 Å². The van der Waals surface area contributed by atoms with Crippen LogP contribution in [0.15, 0.2) is 0 Å². The maximum absolute atomic E-state index is 12.9. The van der Waals surface area contributed by atoms with E-state index >= 15 is 0 Å². The van der Waals surface area contributed by atoms with Crippen LogP contribution in [0.4, 0.5) is 0 Å². The average molecular weight is 379 g/mol. The van der Waals surface area contributed by atoms with Crippen molar-refractivity contribution in [1.29, 1.82) is 0 Å². The smallest absolute Gasteiger partial charge is 0.251 e. The van der Waals surface area contributed by atoms with Gasteiger partial charge in [-0.05, 0) is 25.7 Å². The first-order chi connectivity index (χ1) is 13.1. The molecule has 0 bridgehead atoms. The zero-order valence-corrected chi connectivity index (χ0v) is 15.8. The Balaban J connectivity index is 1.28. The Labute approximate surface area is 159 Å². The summed E-state index contributed by atoms with van der Waals surface area (Å²) >= 11 is 0. The first-order valence-electron chi connectivity index (χ1n) is 10.2. The molecule has 4 fully saturated rings. The Morgan fingerprint density at radius 3 is 2.19 bits per heavy atom. The maximum Gasteiger partial charge on any atom is 0.251 e. The highest BCUT2D eigenvalue weighted by Crippen LogP contribution is 2.26. The molecule has 2 atom stereocenters. The van der Waals surface area contributed by atoms with Crippen molar-refractivity contribution in [1.82, 2.24) is 14.7 Å². The van der Waals surface area contributed by atoms with Gasteiger partial charge in [0, 0.05) is 65.0 Å². The second-order valence-electron chi connectivity index (χ2n) is 7.94. The molecule has 27 heavy (non-hydrogen) atoms. The van der Waals surface area contributed by atoms with E-state index in [4.69, 9.17) is 9.47 Å². The van der Waals surface area contributed by atoms with E-state index in [2.05, 4.69) is 0 Å². The first kappa shape index (κ1) is 18.7. The van der Waals surface area contributed by atoms with Gasteiger partial charge in [0.2, 0.25) is 11.8 Å². The summed E-state index contributed by atoms with van der Waals surface area (Å²) < 4.78 is 10.9. The zero-order chi connectivity index (χ0) is 18.8. The van der Waals surface area contributed by atoms with Gasteiger partial charge in [0.15, 0.2) is 0 Å². The summed E-state index contributed by atoms with van der Waals surface area (Å²) in [4.78, 5) is 43.3. The summed E-state index contributed by atoms with van der Waals surface area (Å²) in [6, 6.07) is 0.213. The average Bonchev–Trinajstić information content (AvgIpc) is 3.38. The largest absolute Gasteiger partial charge is 0.381 e. The number of carbonyl (C=O) groups is 3. The molecule has 150 valence electrons. The van der Waals surface area contributed by atoms with Crippen molar-refractivity contribution < 1.29 is 23.9 Å². The van der Waals surface area contributed by atoms with Crippen LogP contribution in [0.5, 0.6) is 0 Å². The van der Waals surface area contributed by atoms with Gasteiger partial charge in [-0.25, -0.2) is 0 Å². The van der Waals surface area contributed by atoms with Gasteiger partial charge in [0.05, 0.1) is 5.92 Å². The zero-order valence-electron chi connectivity index (χ0n) is 15.8. The van der Waals surface area contributed by atoms with E-state index in [0.717, 1.165) is 25.7 Å². The Hall–Kier alpha value is -1.67. The summed E-state index contributed by atoms with van der Waals surface area (Å²) in [6.45, 7) is 4.75. The van der Waals surface area contributed by atoms with Gasteiger partial charge >= 0.3 is 0 Å². The molecule has 4 saturated heterocycles. The number of carbonyl (C=O) groups excluding carboxylic acids is 3. The Morgan fingerprint density at radius 2 is 1.56 bits per heavy atom. The number of likely N-dealkylation sites (tertiary alicyclic amines) is 1. The number of hydrogen-bond acceptors (Lipinski definition) is 5. The van der Waals surface area contributed by atoms with E-state index in [1.54, 1.807) is 0 Å². The molecule has 3 amide bonds. The topological polar surface area (TPSA) is 79.4 Å². The minimum atomic E-state index is -0.298. The van der Waals surface area contributed by atoms with Gasteiger partial charge in [-0.1, -0.05) is 0 Å². The van der Waals surface area contributed by atoms with Crippen molar-refractivity contribution in [2.75, 3.05) is 52.5 Å². The molecule has 0 aliphatic carbocycles. The number of ether oxygens (including phenoxy) is 2. The molecule has 4 aliphatic heterocycles. The third kappa shape index (κ3) is 3.96. The maximum atomic E-state index is 12.9. The van der Waals surface area contributed by atoms with Crippen molar-refractivity contribution in [2.24, 2.45) is 5.92 Å². The molecular formula is C19H29N3O5. The van der Waals surface area contributed by atoms with Gasteiger partial charge in [0.1, 0.15) is 6.10 Å². The molecule has 4 rings (SSSR count).